The second kappa shape index (κ2) is 7.79. The summed E-state index contributed by atoms with van der Waals surface area (Å²) < 4.78 is 1.11. The van der Waals surface area contributed by atoms with Crippen molar-refractivity contribution in [2.24, 2.45) is 16.6 Å². The summed E-state index contributed by atoms with van der Waals surface area (Å²) in [5.74, 6) is 1.02. The monoisotopic (exact) mass is 372 g/mol. The number of halogens is 1. The molecule has 0 aromatic carbocycles. The van der Waals surface area contributed by atoms with Gasteiger partial charge in [0.1, 0.15) is 0 Å². The fourth-order valence-electron chi connectivity index (χ4n) is 2.65. The third-order valence-corrected chi connectivity index (χ3v) is 5.26. The zero-order chi connectivity index (χ0) is 15.2. The Hall–Kier alpha value is -1.08. The van der Waals surface area contributed by atoms with E-state index in [1.54, 1.807) is 18.4 Å². The molecule has 0 spiro atoms. The topological polar surface area (TPSA) is 70.7 Å². The maximum atomic E-state index is 11.1. The summed E-state index contributed by atoms with van der Waals surface area (Å²) in [6.45, 7) is 2.58. The maximum Gasteiger partial charge on any atom is 0.217 e. The molecule has 0 aliphatic carbocycles. The highest BCUT2D eigenvalue weighted by atomic mass is 79.9. The number of nitrogens with two attached hydrogens (primary N) is 1. The zero-order valence-corrected chi connectivity index (χ0v) is 14.5. The number of hydrogen-bond donors (Lipinski definition) is 2. The molecule has 2 rings (SSSR count). The standard InChI is InChI=1S/C14H21BrN4OS/c1-17-14(18-7-12-6-11(15)9-21-12)19-4-2-3-10(8-19)5-13(16)20/h6,9-10H,2-5,7-8H2,1H3,(H2,16,20)(H,17,18). The van der Waals surface area contributed by atoms with Crippen LogP contribution < -0.4 is 11.1 Å². The highest BCUT2D eigenvalue weighted by molar-refractivity contribution is 9.10. The molecule has 1 aromatic heterocycles. The number of carbonyl (C=O) groups excluding carboxylic acids is 1. The number of thiophene rings is 1. The smallest absolute Gasteiger partial charge is 0.217 e. The second-order valence-electron chi connectivity index (χ2n) is 5.26. The Bertz CT molecular complexity index is 517. The van der Waals surface area contributed by atoms with Crippen LogP contribution in [0.3, 0.4) is 0 Å². The third kappa shape index (κ3) is 5.00. The summed E-state index contributed by atoms with van der Waals surface area (Å²) in [7, 11) is 1.80. The Morgan fingerprint density at radius 2 is 2.48 bits per heavy atom. The number of carbonyl (C=O) groups is 1. The van der Waals surface area contributed by atoms with Gasteiger partial charge in [-0.05, 0) is 40.8 Å². The molecule has 1 aliphatic rings. The van der Waals surface area contributed by atoms with Crippen LogP contribution in [0.2, 0.25) is 0 Å². The van der Waals surface area contributed by atoms with Gasteiger partial charge < -0.3 is 16.0 Å². The van der Waals surface area contributed by atoms with Crippen molar-refractivity contribution < 1.29 is 4.79 Å². The van der Waals surface area contributed by atoms with Crippen molar-refractivity contribution >= 4 is 39.1 Å². The number of nitrogens with one attached hydrogen (secondary N) is 1. The van der Waals surface area contributed by atoms with Gasteiger partial charge in [0, 0.05) is 41.3 Å². The molecule has 1 aliphatic heterocycles. The zero-order valence-electron chi connectivity index (χ0n) is 12.1. The number of guanidine groups is 1. The number of primary amides is 1. The molecule has 0 radical (unpaired) electrons. The molecule has 1 atom stereocenters. The number of amides is 1. The lowest BCUT2D eigenvalue weighted by Crippen LogP contribution is -2.46. The molecular formula is C14H21BrN4OS. The summed E-state index contributed by atoms with van der Waals surface area (Å²) in [5.41, 5.74) is 5.31. The minimum atomic E-state index is -0.215. The molecule has 7 heteroatoms. The van der Waals surface area contributed by atoms with Gasteiger partial charge in [0.25, 0.3) is 0 Å². The lowest BCUT2D eigenvalue weighted by molar-refractivity contribution is -0.119. The summed E-state index contributed by atoms with van der Waals surface area (Å²) in [5, 5.41) is 5.46. The molecule has 1 unspecified atom stereocenters. The predicted octanol–water partition coefficient (Wildman–Crippen LogP) is 2.17. The van der Waals surface area contributed by atoms with E-state index in [4.69, 9.17) is 5.73 Å². The lowest BCUT2D eigenvalue weighted by Gasteiger charge is -2.34. The number of rotatable bonds is 4. The number of likely N-dealkylation sites (tertiary alicyclic amines) is 1. The van der Waals surface area contributed by atoms with Crippen LogP contribution in [0.25, 0.3) is 0 Å². The summed E-state index contributed by atoms with van der Waals surface area (Å²) in [6, 6.07) is 2.11. The van der Waals surface area contributed by atoms with Crippen LogP contribution in [-0.4, -0.2) is 36.9 Å². The second-order valence-corrected chi connectivity index (χ2v) is 7.17. The summed E-state index contributed by atoms with van der Waals surface area (Å²) >= 11 is 5.18. The van der Waals surface area contributed by atoms with E-state index in [2.05, 4.69) is 42.6 Å². The first-order valence-corrected chi connectivity index (χ1v) is 8.72. The molecule has 5 nitrogen and oxygen atoms in total. The van der Waals surface area contributed by atoms with Crippen LogP contribution in [0.4, 0.5) is 0 Å². The number of piperidine rings is 1. The lowest BCUT2D eigenvalue weighted by atomic mass is 9.95. The first-order chi connectivity index (χ1) is 10.1. The summed E-state index contributed by atoms with van der Waals surface area (Å²) in [4.78, 5) is 18.9. The summed E-state index contributed by atoms with van der Waals surface area (Å²) in [6.07, 6.45) is 2.60. The molecule has 1 amide bonds. The van der Waals surface area contributed by atoms with Crippen molar-refractivity contribution in [1.82, 2.24) is 10.2 Å². The van der Waals surface area contributed by atoms with Gasteiger partial charge in [-0.25, -0.2) is 0 Å². The van der Waals surface area contributed by atoms with Gasteiger partial charge in [-0.2, -0.15) is 0 Å². The van der Waals surface area contributed by atoms with Crippen LogP contribution in [0, 0.1) is 5.92 Å². The van der Waals surface area contributed by atoms with Crippen LogP contribution in [0.5, 0.6) is 0 Å². The van der Waals surface area contributed by atoms with Gasteiger partial charge in [0.2, 0.25) is 5.91 Å². The first kappa shape index (κ1) is 16.3. The first-order valence-electron chi connectivity index (χ1n) is 7.05. The van der Waals surface area contributed by atoms with E-state index < -0.39 is 0 Å². The Labute approximate surface area is 137 Å². The van der Waals surface area contributed by atoms with E-state index in [0.717, 1.165) is 42.9 Å². The van der Waals surface area contributed by atoms with E-state index in [0.29, 0.717) is 12.3 Å². The van der Waals surface area contributed by atoms with Crippen molar-refractivity contribution in [2.75, 3.05) is 20.1 Å². The Morgan fingerprint density at radius 3 is 3.10 bits per heavy atom. The largest absolute Gasteiger partial charge is 0.370 e. The van der Waals surface area contributed by atoms with E-state index in [-0.39, 0.29) is 5.91 Å². The van der Waals surface area contributed by atoms with Crippen molar-refractivity contribution in [3.8, 4) is 0 Å². The van der Waals surface area contributed by atoms with Crippen LogP contribution >= 0.6 is 27.3 Å². The predicted molar refractivity (Wildman–Crippen MR) is 90.3 cm³/mol. The molecule has 1 fully saturated rings. The van der Waals surface area contributed by atoms with E-state index in [1.165, 1.54) is 4.88 Å². The highest BCUT2D eigenvalue weighted by Crippen LogP contribution is 2.21. The van der Waals surface area contributed by atoms with Crippen molar-refractivity contribution in [2.45, 2.75) is 25.8 Å². The quantitative estimate of drug-likeness (QED) is 0.628. The average molecular weight is 373 g/mol. The van der Waals surface area contributed by atoms with E-state index in [9.17, 15) is 4.79 Å². The molecular weight excluding hydrogens is 352 g/mol. The minimum absolute atomic E-state index is 0.215. The molecule has 0 saturated carbocycles. The Kier molecular flexibility index (Phi) is 6.05. The van der Waals surface area contributed by atoms with Crippen molar-refractivity contribution in [1.29, 1.82) is 0 Å². The molecule has 0 bridgehead atoms. The Morgan fingerprint density at radius 1 is 1.67 bits per heavy atom. The van der Waals surface area contributed by atoms with Gasteiger partial charge in [-0.3, -0.25) is 9.79 Å². The number of aliphatic imine (C=N–C) groups is 1. The molecule has 21 heavy (non-hydrogen) atoms. The van der Waals surface area contributed by atoms with E-state index in [1.807, 2.05) is 0 Å². The SMILES string of the molecule is CN=C(NCc1cc(Br)cs1)N1CCCC(CC(N)=O)C1. The van der Waals surface area contributed by atoms with Gasteiger partial charge >= 0.3 is 0 Å². The van der Waals surface area contributed by atoms with E-state index >= 15 is 0 Å². The fourth-order valence-corrected chi connectivity index (χ4v) is 4.04. The van der Waals surface area contributed by atoms with Gasteiger partial charge in [-0.15, -0.1) is 11.3 Å². The molecule has 116 valence electrons. The average Bonchev–Trinajstić information content (AvgIpc) is 2.85. The van der Waals surface area contributed by atoms with Crippen LogP contribution in [-0.2, 0) is 11.3 Å². The number of hydrogen-bond acceptors (Lipinski definition) is 3. The molecule has 2 heterocycles. The number of nitrogens with zero attached hydrogens (tertiary/aromatic N) is 2. The van der Waals surface area contributed by atoms with Crippen molar-refractivity contribution in [3.63, 3.8) is 0 Å². The Balaban J connectivity index is 1.89. The minimum Gasteiger partial charge on any atom is -0.370 e. The third-order valence-electron chi connectivity index (χ3n) is 3.56. The van der Waals surface area contributed by atoms with Gasteiger partial charge in [0.15, 0.2) is 5.96 Å². The molecule has 1 saturated heterocycles. The molecule has 1 aromatic rings. The maximum absolute atomic E-state index is 11.1. The van der Waals surface area contributed by atoms with Crippen molar-refractivity contribution in [3.05, 3.63) is 20.8 Å². The fraction of sp³-hybridized carbons (Fsp3) is 0.571. The van der Waals surface area contributed by atoms with Gasteiger partial charge in [-0.1, -0.05) is 0 Å². The molecule has 3 N–H and O–H groups in total. The van der Waals surface area contributed by atoms with Crippen LogP contribution in [0.1, 0.15) is 24.1 Å². The highest BCUT2D eigenvalue weighted by Gasteiger charge is 2.23. The van der Waals surface area contributed by atoms with Crippen LogP contribution in [0.15, 0.2) is 20.9 Å². The van der Waals surface area contributed by atoms with Gasteiger partial charge in [0.05, 0.1) is 6.54 Å². The normalized spacial score (nSPS) is 19.6.